The molecule has 3 rings (SSSR count). The van der Waals surface area contributed by atoms with E-state index in [2.05, 4.69) is 17.1 Å². The number of likely N-dealkylation sites (tertiary alicyclic amines) is 1. The Bertz CT molecular complexity index is 212. The van der Waals surface area contributed by atoms with Gasteiger partial charge in [0.2, 0.25) is 0 Å². The predicted molar refractivity (Wildman–Crippen MR) is 58.3 cm³/mol. The first kappa shape index (κ1) is 9.17. The summed E-state index contributed by atoms with van der Waals surface area (Å²) in [5, 5.41) is 3.57. The number of piperidine rings is 1. The van der Waals surface area contributed by atoms with Crippen LogP contribution in [0.2, 0.25) is 0 Å². The first-order valence-electron chi connectivity index (χ1n) is 6.32. The normalized spacial score (nSPS) is 40.9. The van der Waals surface area contributed by atoms with Crippen LogP contribution in [0.3, 0.4) is 0 Å². The van der Waals surface area contributed by atoms with Crippen LogP contribution in [-0.2, 0) is 0 Å². The summed E-state index contributed by atoms with van der Waals surface area (Å²) in [4.78, 5) is 2.81. The van der Waals surface area contributed by atoms with Gasteiger partial charge in [0, 0.05) is 18.6 Å². The van der Waals surface area contributed by atoms with E-state index in [1.54, 1.807) is 0 Å². The topological polar surface area (TPSA) is 15.3 Å². The first-order chi connectivity index (χ1) is 6.86. The van der Waals surface area contributed by atoms with Gasteiger partial charge in [0.1, 0.15) is 0 Å². The Morgan fingerprint density at radius 1 is 1.21 bits per heavy atom. The van der Waals surface area contributed by atoms with Crippen LogP contribution in [0.4, 0.5) is 0 Å². The second-order valence-electron chi connectivity index (χ2n) is 5.44. The molecule has 3 fully saturated rings. The number of rotatable bonds is 2. The van der Waals surface area contributed by atoms with Gasteiger partial charge in [0.25, 0.3) is 0 Å². The molecule has 3 aliphatic rings. The summed E-state index contributed by atoms with van der Waals surface area (Å²) in [5.74, 6) is 2.00. The Labute approximate surface area is 87.0 Å². The van der Waals surface area contributed by atoms with Crippen molar-refractivity contribution in [2.75, 3.05) is 19.6 Å². The summed E-state index contributed by atoms with van der Waals surface area (Å²) in [6, 6.07) is 1.74. The van der Waals surface area contributed by atoms with Crippen LogP contribution in [0.15, 0.2) is 0 Å². The molecule has 14 heavy (non-hydrogen) atoms. The standard InChI is InChI=1S/C12H22N2/c1-9(10-4-5-10)14-6-2-3-11-7-13-8-12(11)14/h9-13H,2-8H2,1H3. The van der Waals surface area contributed by atoms with E-state index < -0.39 is 0 Å². The van der Waals surface area contributed by atoms with E-state index in [0.29, 0.717) is 0 Å². The molecule has 0 aromatic rings. The largest absolute Gasteiger partial charge is 0.315 e. The van der Waals surface area contributed by atoms with Crippen LogP contribution < -0.4 is 5.32 Å². The van der Waals surface area contributed by atoms with Gasteiger partial charge in [0.05, 0.1) is 0 Å². The number of hydrogen-bond acceptors (Lipinski definition) is 2. The SMILES string of the molecule is CC(C1CC1)N1CCCC2CNCC21. The van der Waals surface area contributed by atoms with Gasteiger partial charge in [-0.2, -0.15) is 0 Å². The molecule has 2 aliphatic heterocycles. The monoisotopic (exact) mass is 194 g/mol. The molecule has 3 unspecified atom stereocenters. The van der Waals surface area contributed by atoms with Crippen molar-refractivity contribution in [2.24, 2.45) is 11.8 Å². The third kappa shape index (κ3) is 1.49. The van der Waals surface area contributed by atoms with E-state index in [9.17, 15) is 0 Å². The Morgan fingerprint density at radius 2 is 2.07 bits per heavy atom. The number of nitrogens with one attached hydrogen (secondary N) is 1. The third-order valence-electron chi connectivity index (χ3n) is 4.55. The van der Waals surface area contributed by atoms with E-state index in [1.165, 1.54) is 45.3 Å². The molecule has 1 aliphatic carbocycles. The molecule has 0 aromatic heterocycles. The summed E-state index contributed by atoms with van der Waals surface area (Å²) in [6.45, 7) is 6.35. The summed E-state index contributed by atoms with van der Waals surface area (Å²) in [6.07, 6.45) is 5.87. The second-order valence-corrected chi connectivity index (χ2v) is 5.44. The molecule has 0 radical (unpaired) electrons. The summed E-state index contributed by atoms with van der Waals surface area (Å²) < 4.78 is 0. The summed E-state index contributed by atoms with van der Waals surface area (Å²) in [5.41, 5.74) is 0. The summed E-state index contributed by atoms with van der Waals surface area (Å²) >= 11 is 0. The molecule has 2 heterocycles. The molecule has 2 heteroatoms. The van der Waals surface area contributed by atoms with E-state index in [-0.39, 0.29) is 0 Å². The lowest BCUT2D eigenvalue weighted by Crippen LogP contribution is -2.50. The van der Waals surface area contributed by atoms with Gasteiger partial charge in [-0.1, -0.05) is 0 Å². The van der Waals surface area contributed by atoms with E-state index in [1.807, 2.05) is 0 Å². The van der Waals surface area contributed by atoms with Gasteiger partial charge in [-0.25, -0.2) is 0 Å². The lowest BCUT2D eigenvalue weighted by atomic mass is 9.90. The molecule has 1 saturated carbocycles. The lowest BCUT2D eigenvalue weighted by Gasteiger charge is -2.41. The van der Waals surface area contributed by atoms with Crippen LogP contribution >= 0.6 is 0 Å². The van der Waals surface area contributed by atoms with Crippen molar-refractivity contribution >= 4 is 0 Å². The van der Waals surface area contributed by atoms with Crippen molar-refractivity contribution in [1.82, 2.24) is 10.2 Å². The van der Waals surface area contributed by atoms with Crippen molar-refractivity contribution in [3.8, 4) is 0 Å². The average molecular weight is 194 g/mol. The number of nitrogens with zero attached hydrogens (tertiary/aromatic N) is 1. The van der Waals surface area contributed by atoms with E-state index >= 15 is 0 Å². The van der Waals surface area contributed by atoms with Crippen molar-refractivity contribution in [3.05, 3.63) is 0 Å². The van der Waals surface area contributed by atoms with E-state index in [0.717, 1.165) is 23.9 Å². The minimum atomic E-state index is 0.864. The fraction of sp³-hybridized carbons (Fsp3) is 1.00. The van der Waals surface area contributed by atoms with Crippen LogP contribution in [0.25, 0.3) is 0 Å². The molecule has 2 nitrogen and oxygen atoms in total. The first-order valence-corrected chi connectivity index (χ1v) is 6.32. The zero-order valence-electron chi connectivity index (χ0n) is 9.21. The second kappa shape index (κ2) is 3.49. The van der Waals surface area contributed by atoms with Crippen LogP contribution in [0.5, 0.6) is 0 Å². The number of fused-ring (bicyclic) bond motifs is 1. The summed E-state index contributed by atoms with van der Waals surface area (Å²) in [7, 11) is 0. The van der Waals surface area contributed by atoms with E-state index in [4.69, 9.17) is 0 Å². The Kier molecular flexibility index (Phi) is 2.29. The highest BCUT2D eigenvalue weighted by atomic mass is 15.2. The van der Waals surface area contributed by atoms with Gasteiger partial charge < -0.3 is 5.32 Å². The maximum absolute atomic E-state index is 3.57. The van der Waals surface area contributed by atoms with Crippen molar-refractivity contribution < 1.29 is 0 Å². The fourth-order valence-corrected chi connectivity index (χ4v) is 3.46. The highest BCUT2D eigenvalue weighted by Crippen LogP contribution is 2.38. The third-order valence-corrected chi connectivity index (χ3v) is 4.55. The molecule has 80 valence electrons. The highest BCUT2D eigenvalue weighted by molar-refractivity contribution is 4.97. The molecular weight excluding hydrogens is 172 g/mol. The van der Waals surface area contributed by atoms with Gasteiger partial charge in [-0.15, -0.1) is 0 Å². The van der Waals surface area contributed by atoms with Gasteiger partial charge in [0.15, 0.2) is 0 Å². The Balaban J connectivity index is 1.70. The molecule has 0 bridgehead atoms. The molecule has 1 N–H and O–H groups in total. The Hall–Kier alpha value is -0.0800. The zero-order chi connectivity index (χ0) is 9.54. The maximum atomic E-state index is 3.57. The molecule has 0 aromatic carbocycles. The molecule has 0 amide bonds. The average Bonchev–Trinajstić information content (AvgIpc) is 2.94. The van der Waals surface area contributed by atoms with Gasteiger partial charge in [-0.05, 0) is 57.5 Å². The predicted octanol–water partition coefficient (Wildman–Crippen LogP) is 1.47. The van der Waals surface area contributed by atoms with Crippen LogP contribution in [-0.4, -0.2) is 36.6 Å². The quantitative estimate of drug-likeness (QED) is 0.716. The highest BCUT2D eigenvalue weighted by Gasteiger charge is 2.41. The van der Waals surface area contributed by atoms with Crippen molar-refractivity contribution in [1.29, 1.82) is 0 Å². The van der Waals surface area contributed by atoms with Crippen LogP contribution in [0.1, 0.15) is 32.6 Å². The Morgan fingerprint density at radius 3 is 2.86 bits per heavy atom. The molecule has 2 saturated heterocycles. The molecule has 0 spiro atoms. The minimum absolute atomic E-state index is 0.864. The lowest BCUT2D eigenvalue weighted by molar-refractivity contribution is 0.0749. The van der Waals surface area contributed by atoms with Crippen molar-refractivity contribution in [3.63, 3.8) is 0 Å². The number of hydrogen-bond donors (Lipinski definition) is 1. The van der Waals surface area contributed by atoms with Crippen LogP contribution in [0, 0.1) is 11.8 Å². The fourth-order valence-electron chi connectivity index (χ4n) is 3.46. The maximum Gasteiger partial charge on any atom is 0.0263 e. The molecular formula is C12H22N2. The van der Waals surface area contributed by atoms with Gasteiger partial charge in [-0.3, -0.25) is 4.90 Å². The van der Waals surface area contributed by atoms with Crippen molar-refractivity contribution in [2.45, 2.75) is 44.7 Å². The zero-order valence-corrected chi connectivity index (χ0v) is 9.21. The smallest absolute Gasteiger partial charge is 0.0263 e. The van der Waals surface area contributed by atoms with Gasteiger partial charge >= 0.3 is 0 Å². The molecule has 3 atom stereocenters. The minimum Gasteiger partial charge on any atom is -0.315 e.